The number of aliphatic imine (C=N–C) groups is 1. The van der Waals surface area contributed by atoms with Crippen LogP contribution in [0.4, 0.5) is 20.1 Å². The maximum absolute atomic E-state index is 12.2. The Kier molecular flexibility index (Phi) is 10.5. The van der Waals surface area contributed by atoms with Gasteiger partial charge in [0.15, 0.2) is 0 Å². The topological polar surface area (TPSA) is 165 Å². The van der Waals surface area contributed by atoms with Crippen molar-refractivity contribution in [1.82, 2.24) is 16.0 Å². The highest BCUT2D eigenvalue weighted by atomic mass is 16.6. The molecule has 0 unspecified atom stereocenters. The molecule has 0 saturated carbocycles. The average Bonchev–Trinajstić information content (AvgIpc) is 2.64. The summed E-state index contributed by atoms with van der Waals surface area (Å²) in [4.78, 5) is 52.3. The fourth-order valence-electron chi connectivity index (χ4n) is 2.61. The van der Waals surface area contributed by atoms with Crippen LogP contribution in [0.2, 0.25) is 0 Å². The van der Waals surface area contributed by atoms with Crippen LogP contribution in [0.25, 0.3) is 0 Å². The van der Waals surface area contributed by atoms with E-state index >= 15 is 0 Å². The molecule has 0 heterocycles. The van der Waals surface area contributed by atoms with Gasteiger partial charge in [0.1, 0.15) is 22.8 Å². The Morgan fingerprint density at radius 2 is 1.16 bits per heavy atom. The SMILES string of the molecule is CC(C)(C)OC(=O)NC(=Nc1ccc(C[C@H](NC(=O)OC(C)(C)C)C(=O)O)cc1)NC(=O)OC(C)(C)C. The lowest BCUT2D eigenvalue weighted by Gasteiger charge is -2.22. The molecule has 1 aromatic carbocycles. The number of carboxylic acids is 1. The van der Waals surface area contributed by atoms with Crippen molar-refractivity contribution in [3.63, 3.8) is 0 Å². The molecular weight excluding hydrogens is 484 g/mol. The molecule has 0 spiro atoms. The number of hydrogen-bond donors (Lipinski definition) is 4. The summed E-state index contributed by atoms with van der Waals surface area (Å²) >= 11 is 0. The van der Waals surface area contributed by atoms with E-state index in [-0.39, 0.29) is 12.4 Å². The highest BCUT2D eigenvalue weighted by molar-refractivity contribution is 6.02. The molecule has 1 atom stereocenters. The molecular formula is C25H38N4O8. The number of alkyl carbamates (subject to hydrolysis) is 3. The summed E-state index contributed by atoms with van der Waals surface area (Å²) in [5.41, 5.74) is -1.42. The minimum atomic E-state index is -1.22. The molecule has 1 rings (SSSR count). The number of amides is 3. The lowest BCUT2D eigenvalue weighted by Crippen LogP contribution is -2.47. The summed E-state index contributed by atoms with van der Waals surface area (Å²) in [5.74, 6) is -1.45. The first-order valence-electron chi connectivity index (χ1n) is 11.6. The van der Waals surface area contributed by atoms with Gasteiger partial charge in [-0.15, -0.1) is 0 Å². The van der Waals surface area contributed by atoms with E-state index in [1.807, 2.05) is 0 Å². The molecule has 0 aliphatic rings. The van der Waals surface area contributed by atoms with E-state index in [1.165, 1.54) is 0 Å². The van der Waals surface area contributed by atoms with Crippen LogP contribution in [0.15, 0.2) is 29.3 Å². The zero-order chi connectivity index (χ0) is 28.6. The van der Waals surface area contributed by atoms with Gasteiger partial charge in [0, 0.05) is 6.42 Å². The molecule has 12 heteroatoms. The highest BCUT2D eigenvalue weighted by Gasteiger charge is 2.25. The number of hydrogen-bond acceptors (Lipinski definition) is 8. The molecule has 0 fully saturated rings. The largest absolute Gasteiger partial charge is 0.480 e. The van der Waals surface area contributed by atoms with Crippen molar-refractivity contribution in [3.8, 4) is 0 Å². The van der Waals surface area contributed by atoms with Gasteiger partial charge in [0.2, 0.25) is 5.96 Å². The van der Waals surface area contributed by atoms with Gasteiger partial charge in [0.25, 0.3) is 0 Å². The van der Waals surface area contributed by atoms with Crippen molar-refractivity contribution in [1.29, 1.82) is 0 Å². The van der Waals surface area contributed by atoms with Crippen molar-refractivity contribution in [2.45, 2.75) is 91.6 Å². The normalized spacial score (nSPS) is 12.5. The second-order valence-corrected chi connectivity index (χ2v) is 11.1. The number of carbonyl (C=O) groups is 4. The Hall–Kier alpha value is -3.83. The van der Waals surface area contributed by atoms with Crippen molar-refractivity contribution in [3.05, 3.63) is 29.8 Å². The van der Waals surface area contributed by atoms with Crippen LogP contribution < -0.4 is 16.0 Å². The third kappa shape index (κ3) is 14.4. The number of nitrogens with zero attached hydrogens (tertiary/aromatic N) is 1. The van der Waals surface area contributed by atoms with E-state index in [0.717, 1.165) is 0 Å². The monoisotopic (exact) mass is 522 g/mol. The summed E-state index contributed by atoms with van der Waals surface area (Å²) < 4.78 is 15.5. The zero-order valence-corrected chi connectivity index (χ0v) is 22.8. The van der Waals surface area contributed by atoms with Gasteiger partial charge >= 0.3 is 24.2 Å². The van der Waals surface area contributed by atoms with Crippen molar-refractivity contribution >= 4 is 35.9 Å². The molecule has 0 bridgehead atoms. The summed E-state index contributed by atoms with van der Waals surface area (Å²) in [6.07, 6.45) is -2.53. The maximum atomic E-state index is 12.2. The summed E-state index contributed by atoms with van der Waals surface area (Å²) in [7, 11) is 0. The fourth-order valence-corrected chi connectivity index (χ4v) is 2.61. The second kappa shape index (κ2) is 12.4. The van der Waals surface area contributed by atoms with Crippen molar-refractivity contribution in [2.75, 3.05) is 0 Å². The van der Waals surface area contributed by atoms with E-state index in [9.17, 15) is 24.3 Å². The van der Waals surface area contributed by atoms with E-state index in [0.29, 0.717) is 11.3 Å². The smallest absolute Gasteiger partial charge is 0.414 e. The Balaban J connectivity index is 3.05. The van der Waals surface area contributed by atoms with Gasteiger partial charge in [0.05, 0.1) is 5.69 Å². The van der Waals surface area contributed by atoms with Crippen molar-refractivity contribution in [2.24, 2.45) is 4.99 Å². The number of benzene rings is 1. The number of aliphatic carboxylic acids is 1. The third-order valence-corrected chi connectivity index (χ3v) is 3.84. The molecule has 3 amide bonds. The van der Waals surface area contributed by atoms with Gasteiger partial charge in [-0.25, -0.2) is 24.2 Å². The van der Waals surface area contributed by atoms with Crippen molar-refractivity contribution < 1.29 is 38.5 Å². The lowest BCUT2D eigenvalue weighted by molar-refractivity contribution is -0.139. The van der Waals surface area contributed by atoms with Gasteiger partial charge in [-0.1, -0.05) is 12.1 Å². The standard InChI is InChI=1S/C25H38N4O8/c1-23(2,3)35-20(32)27-17(18(30)31)14-15-10-12-16(13-11-15)26-19(28-21(33)36-24(4,5)6)29-22(34)37-25(7,8)9/h10-13,17H,14H2,1-9H3,(H,27,32)(H,30,31)(H2,26,28,29,33,34)/t17-/m0/s1. The number of guanidine groups is 1. The average molecular weight is 523 g/mol. The number of ether oxygens (including phenoxy) is 3. The predicted octanol–water partition coefficient (Wildman–Crippen LogP) is 4.24. The van der Waals surface area contributed by atoms with E-state index < -0.39 is 47.1 Å². The Labute approximate surface area is 217 Å². The summed E-state index contributed by atoms with van der Waals surface area (Å²) in [5, 5.41) is 16.6. The zero-order valence-electron chi connectivity index (χ0n) is 22.8. The molecule has 0 aliphatic heterocycles. The number of carboxylic acid groups (broad SMARTS) is 1. The molecule has 12 nitrogen and oxygen atoms in total. The van der Waals surface area contributed by atoms with E-state index in [1.54, 1.807) is 86.6 Å². The molecule has 0 radical (unpaired) electrons. The van der Waals surface area contributed by atoms with Gasteiger partial charge in [-0.3, -0.25) is 10.6 Å². The second-order valence-electron chi connectivity index (χ2n) is 11.1. The van der Waals surface area contributed by atoms with E-state index in [2.05, 4.69) is 20.9 Å². The van der Waals surface area contributed by atoms with E-state index in [4.69, 9.17) is 14.2 Å². The number of nitrogens with one attached hydrogen (secondary N) is 3. The molecule has 37 heavy (non-hydrogen) atoms. The molecule has 0 aromatic heterocycles. The lowest BCUT2D eigenvalue weighted by atomic mass is 10.1. The first-order chi connectivity index (χ1) is 16.7. The molecule has 0 aliphatic carbocycles. The first-order valence-corrected chi connectivity index (χ1v) is 11.6. The van der Waals surface area contributed by atoms with Crippen LogP contribution in [0, 0.1) is 0 Å². The summed E-state index contributed by atoms with van der Waals surface area (Å²) in [6, 6.07) is 5.08. The minimum absolute atomic E-state index is 0.0161. The molecule has 0 saturated heterocycles. The van der Waals surface area contributed by atoms with Crippen LogP contribution in [0.3, 0.4) is 0 Å². The highest BCUT2D eigenvalue weighted by Crippen LogP contribution is 2.16. The van der Waals surface area contributed by atoms with Crippen LogP contribution >= 0.6 is 0 Å². The third-order valence-electron chi connectivity index (χ3n) is 3.84. The Morgan fingerprint density at radius 3 is 1.54 bits per heavy atom. The predicted molar refractivity (Wildman–Crippen MR) is 137 cm³/mol. The maximum Gasteiger partial charge on any atom is 0.414 e. The number of rotatable bonds is 5. The molecule has 1 aromatic rings. The molecule has 4 N–H and O–H groups in total. The fraction of sp³-hybridized carbons (Fsp3) is 0.560. The van der Waals surface area contributed by atoms with Crippen LogP contribution in [0.5, 0.6) is 0 Å². The summed E-state index contributed by atoms with van der Waals surface area (Å²) in [6.45, 7) is 15.1. The van der Waals surface area contributed by atoms with Crippen LogP contribution in [-0.4, -0.2) is 58.2 Å². The van der Waals surface area contributed by atoms with Gasteiger partial charge < -0.3 is 24.6 Å². The van der Waals surface area contributed by atoms with Gasteiger partial charge in [-0.2, -0.15) is 0 Å². The van der Waals surface area contributed by atoms with Crippen LogP contribution in [0.1, 0.15) is 67.9 Å². The van der Waals surface area contributed by atoms with Crippen LogP contribution in [-0.2, 0) is 25.4 Å². The first kappa shape index (κ1) is 31.2. The Morgan fingerprint density at radius 1 is 0.757 bits per heavy atom. The minimum Gasteiger partial charge on any atom is -0.480 e. The molecule has 206 valence electrons. The quantitative estimate of drug-likeness (QED) is 0.253. The van der Waals surface area contributed by atoms with Gasteiger partial charge in [-0.05, 0) is 80.0 Å². The Bertz CT molecular complexity index is 967. The number of carbonyl (C=O) groups excluding carboxylic acids is 3.